The second-order valence-corrected chi connectivity index (χ2v) is 9.32. The first-order valence-electron chi connectivity index (χ1n) is 11.8. The quantitative estimate of drug-likeness (QED) is 0.566. The summed E-state index contributed by atoms with van der Waals surface area (Å²) < 4.78 is 5.29. The zero-order valence-corrected chi connectivity index (χ0v) is 20.2. The summed E-state index contributed by atoms with van der Waals surface area (Å²) >= 11 is 0. The van der Waals surface area contributed by atoms with E-state index in [0.29, 0.717) is 35.0 Å². The van der Waals surface area contributed by atoms with Crippen molar-refractivity contribution in [1.29, 1.82) is 0 Å². The predicted octanol–water partition coefficient (Wildman–Crippen LogP) is 3.48. The Hall–Kier alpha value is -3.90. The SMILES string of the molecule is C#Cc1cc(N2C(=O)OC[C@@H]2C(C)C)nc2nc(Nc3ccc(N4CCN(C)CC4)cc3)ncc12. The summed E-state index contributed by atoms with van der Waals surface area (Å²) in [5.74, 6) is 3.72. The lowest BCUT2D eigenvalue weighted by Crippen LogP contribution is -2.44. The van der Waals surface area contributed by atoms with Crippen LogP contribution in [0, 0.1) is 18.3 Å². The fraction of sp³-hybridized carbons (Fsp3) is 0.385. The molecule has 4 heterocycles. The van der Waals surface area contributed by atoms with Crippen molar-refractivity contribution in [2.75, 3.05) is 55.0 Å². The third-order valence-electron chi connectivity index (χ3n) is 6.62. The average Bonchev–Trinajstić information content (AvgIpc) is 3.26. The number of hydrogen-bond acceptors (Lipinski definition) is 8. The Bertz CT molecular complexity index is 1280. The lowest BCUT2D eigenvalue weighted by Gasteiger charge is -2.34. The van der Waals surface area contributed by atoms with Crippen molar-refractivity contribution in [1.82, 2.24) is 19.9 Å². The van der Waals surface area contributed by atoms with Crippen LogP contribution in [0.1, 0.15) is 19.4 Å². The maximum absolute atomic E-state index is 12.5. The lowest BCUT2D eigenvalue weighted by atomic mass is 10.0. The fourth-order valence-corrected chi connectivity index (χ4v) is 4.44. The Kier molecular flexibility index (Phi) is 6.14. The second kappa shape index (κ2) is 9.39. The summed E-state index contributed by atoms with van der Waals surface area (Å²) in [7, 11) is 2.15. The highest BCUT2D eigenvalue weighted by Gasteiger charge is 2.37. The maximum Gasteiger partial charge on any atom is 0.415 e. The standard InChI is InChI=1S/C26H29N7O2/c1-5-18-14-23(33-22(17(2)3)16-35-26(33)34)29-24-21(18)15-27-25(30-24)28-19-6-8-20(9-7-19)32-12-10-31(4)11-13-32/h1,6-9,14-15,17,22H,10-13,16H2,2-4H3,(H,27,28,29,30)/t22-/m1/s1. The van der Waals surface area contributed by atoms with E-state index in [-0.39, 0.29) is 12.0 Å². The largest absolute Gasteiger partial charge is 0.447 e. The van der Waals surface area contributed by atoms with Gasteiger partial charge < -0.3 is 19.9 Å². The molecule has 2 aliphatic rings. The number of piperazine rings is 1. The maximum atomic E-state index is 12.5. The van der Waals surface area contributed by atoms with Gasteiger partial charge in [0.25, 0.3) is 0 Å². The molecule has 3 aromatic rings. The molecule has 0 radical (unpaired) electrons. The minimum absolute atomic E-state index is 0.115. The number of fused-ring (bicyclic) bond motifs is 1. The summed E-state index contributed by atoms with van der Waals surface area (Å²) in [6.07, 6.45) is 7.01. The molecule has 2 aromatic heterocycles. The molecule has 1 atom stereocenters. The van der Waals surface area contributed by atoms with Crippen molar-refractivity contribution in [2.45, 2.75) is 19.9 Å². The minimum Gasteiger partial charge on any atom is -0.447 e. The predicted molar refractivity (Wildman–Crippen MR) is 137 cm³/mol. The van der Waals surface area contributed by atoms with Crippen LogP contribution in [-0.4, -0.2) is 71.8 Å². The molecule has 0 unspecified atom stereocenters. The summed E-state index contributed by atoms with van der Waals surface area (Å²) in [5, 5.41) is 3.90. The molecule has 1 amide bonds. The number of hydrogen-bond donors (Lipinski definition) is 1. The smallest absolute Gasteiger partial charge is 0.415 e. The van der Waals surface area contributed by atoms with E-state index in [2.05, 4.69) is 55.2 Å². The van der Waals surface area contributed by atoms with E-state index < -0.39 is 6.09 Å². The number of anilines is 4. The van der Waals surface area contributed by atoms with Crippen LogP contribution < -0.4 is 15.1 Å². The number of nitrogens with one attached hydrogen (secondary N) is 1. The Balaban J connectivity index is 1.41. The fourth-order valence-electron chi connectivity index (χ4n) is 4.44. The first kappa shape index (κ1) is 22.9. The van der Waals surface area contributed by atoms with Gasteiger partial charge in [-0.2, -0.15) is 4.98 Å². The number of terminal acetylenes is 1. The molecule has 9 nitrogen and oxygen atoms in total. The second-order valence-electron chi connectivity index (χ2n) is 9.32. The highest BCUT2D eigenvalue weighted by atomic mass is 16.6. The van der Waals surface area contributed by atoms with Gasteiger partial charge in [0.1, 0.15) is 12.4 Å². The van der Waals surface area contributed by atoms with E-state index in [9.17, 15) is 4.79 Å². The number of ether oxygens (including phenoxy) is 1. The Morgan fingerprint density at radius 2 is 1.89 bits per heavy atom. The van der Waals surface area contributed by atoms with Gasteiger partial charge in [-0.05, 0) is 43.3 Å². The molecule has 9 heteroatoms. The van der Waals surface area contributed by atoms with Gasteiger partial charge in [-0.3, -0.25) is 4.90 Å². The molecule has 0 aliphatic carbocycles. The number of nitrogens with zero attached hydrogens (tertiary/aromatic N) is 6. The summed E-state index contributed by atoms with van der Waals surface area (Å²) in [6, 6.07) is 9.85. The number of cyclic esters (lactones) is 1. The summed E-state index contributed by atoms with van der Waals surface area (Å²) in [4.78, 5) is 32.4. The number of likely N-dealkylation sites (N-methyl/N-ethyl adjacent to an activating group) is 1. The number of aromatic nitrogens is 3. The number of amides is 1. The van der Waals surface area contributed by atoms with Crippen LogP contribution in [0.25, 0.3) is 11.0 Å². The Morgan fingerprint density at radius 3 is 2.57 bits per heavy atom. The Morgan fingerprint density at radius 1 is 1.14 bits per heavy atom. The summed E-state index contributed by atoms with van der Waals surface area (Å²) in [5.41, 5.74) is 3.07. The van der Waals surface area contributed by atoms with E-state index in [0.717, 1.165) is 31.9 Å². The third-order valence-corrected chi connectivity index (χ3v) is 6.62. The van der Waals surface area contributed by atoms with Gasteiger partial charge in [0.05, 0.1) is 11.4 Å². The molecule has 0 spiro atoms. The van der Waals surface area contributed by atoms with Gasteiger partial charge in [0.2, 0.25) is 5.95 Å². The van der Waals surface area contributed by atoms with Gasteiger partial charge in [-0.1, -0.05) is 19.8 Å². The average molecular weight is 472 g/mol. The molecule has 2 saturated heterocycles. The van der Waals surface area contributed by atoms with Crippen molar-refractivity contribution in [3.8, 4) is 12.3 Å². The van der Waals surface area contributed by atoms with E-state index in [1.165, 1.54) is 5.69 Å². The molecule has 2 fully saturated rings. The highest BCUT2D eigenvalue weighted by molar-refractivity contribution is 5.92. The first-order chi connectivity index (χ1) is 16.9. The summed E-state index contributed by atoms with van der Waals surface area (Å²) in [6.45, 7) is 8.57. The van der Waals surface area contributed by atoms with Crippen LogP contribution in [0.15, 0.2) is 36.5 Å². The number of pyridine rings is 1. The highest BCUT2D eigenvalue weighted by Crippen LogP contribution is 2.29. The third kappa shape index (κ3) is 4.57. The van der Waals surface area contributed by atoms with Crippen LogP contribution in [0.4, 0.5) is 27.9 Å². The number of benzene rings is 1. The van der Waals surface area contributed by atoms with Crippen molar-refractivity contribution in [3.05, 3.63) is 42.1 Å². The van der Waals surface area contributed by atoms with Crippen LogP contribution >= 0.6 is 0 Å². The minimum atomic E-state index is -0.425. The zero-order valence-electron chi connectivity index (χ0n) is 20.2. The zero-order chi connectivity index (χ0) is 24.5. The van der Waals surface area contributed by atoms with E-state index in [4.69, 9.17) is 11.2 Å². The molecule has 1 aromatic carbocycles. The van der Waals surface area contributed by atoms with Gasteiger partial charge >= 0.3 is 6.09 Å². The van der Waals surface area contributed by atoms with E-state index in [1.807, 2.05) is 26.0 Å². The Labute approximate surface area is 205 Å². The van der Waals surface area contributed by atoms with E-state index in [1.54, 1.807) is 17.2 Å². The van der Waals surface area contributed by atoms with Crippen molar-refractivity contribution < 1.29 is 9.53 Å². The van der Waals surface area contributed by atoms with E-state index >= 15 is 0 Å². The molecule has 35 heavy (non-hydrogen) atoms. The van der Waals surface area contributed by atoms with Gasteiger partial charge in [0, 0.05) is 49.3 Å². The number of carbonyl (C=O) groups excluding carboxylic acids is 1. The number of rotatable bonds is 5. The van der Waals surface area contributed by atoms with Gasteiger partial charge in [0.15, 0.2) is 5.65 Å². The van der Waals surface area contributed by atoms with Crippen molar-refractivity contribution in [2.24, 2.45) is 5.92 Å². The van der Waals surface area contributed by atoms with Crippen LogP contribution in [0.5, 0.6) is 0 Å². The van der Waals surface area contributed by atoms with Crippen LogP contribution in [-0.2, 0) is 4.74 Å². The molecule has 0 saturated carbocycles. The lowest BCUT2D eigenvalue weighted by molar-refractivity contribution is 0.177. The van der Waals surface area contributed by atoms with Gasteiger partial charge in [-0.15, -0.1) is 6.42 Å². The van der Waals surface area contributed by atoms with Gasteiger partial charge in [-0.25, -0.2) is 14.8 Å². The molecule has 180 valence electrons. The molecule has 5 rings (SSSR count). The van der Waals surface area contributed by atoms with Crippen LogP contribution in [0.3, 0.4) is 0 Å². The molecule has 1 N–H and O–H groups in total. The number of carbonyl (C=O) groups is 1. The molecular formula is C26H29N7O2. The topological polar surface area (TPSA) is 86.7 Å². The van der Waals surface area contributed by atoms with Crippen molar-refractivity contribution >= 4 is 40.3 Å². The first-order valence-corrected chi connectivity index (χ1v) is 11.8. The monoisotopic (exact) mass is 471 g/mol. The molecule has 2 aliphatic heterocycles. The normalized spacial score (nSPS) is 18.7. The molecule has 0 bridgehead atoms. The molecular weight excluding hydrogens is 442 g/mol. The van der Waals surface area contributed by atoms with Crippen molar-refractivity contribution in [3.63, 3.8) is 0 Å². The van der Waals surface area contributed by atoms with Crippen LogP contribution in [0.2, 0.25) is 0 Å².